The van der Waals surface area contributed by atoms with Crippen LogP contribution >= 0.6 is 11.8 Å². The summed E-state index contributed by atoms with van der Waals surface area (Å²) >= 11 is 1.68. The fraction of sp³-hybridized carbons (Fsp3) is 0.700. The standard InChI is InChI=1S/C8H13NOS.C2H6/c1-7(2)3-6-11-8-9-4-5-10-8;1-2/h4-5,7H,3,6H2,1-2H3;1-2H3. The Bertz CT molecular complexity index is 185. The highest BCUT2D eigenvalue weighted by molar-refractivity contribution is 7.99. The van der Waals surface area contributed by atoms with Gasteiger partial charge in [0.15, 0.2) is 0 Å². The zero-order valence-electron chi connectivity index (χ0n) is 8.91. The Balaban J connectivity index is 0.000000671. The van der Waals surface area contributed by atoms with Crippen LogP contribution in [0.15, 0.2) is 22.1 Å². The number of aromatic nitrogens is 1. The maximum atomic E-state index is 5.07. The average molecular weight is 201 g/mol. The molecule has 0 aliphatic rings. The van der Waals surface area contributed by atoms with Gasteiger partial charge in [0, 0.05) is 5.75 Å². The van der Waals surface area contributed by atoms with E-state index in [1.807, 2.05) is 13.8 Å². The molecule has 0 N–H and O–H groups in total. The molecule has 0 spiro atoms. The minimum atomic E-state index is 0.762. The van der Waals surface area contributed by atoms with Gasteiger partial charge >= 0.3 is 0 Å². The molecule has 1 aromatic rings. The second kappa shape index (κ2) is 8.17. The highest BCUT2D eigenvalue weighted by Crippen LogP contribution is 2.17. The lowest BCUT2D eigenvalue weighted by Gasteiger charge is -2.00. The molecule has 1 heterocycles. The Labute approximate surface area is 85.1 Å². The third-order valence-electron chi connectivity index (χ3n) is 1.33. The predicted octanol–water partition coefficient (Wildman–Crippen LogP) is 3.84. The molecule has 0 fully saturated rings. The van der Waals surface area contributed by atoms with Gasteiger partial charge in [0.1, 0.15) is 6.26 Å². The van der Waals surface area contributed by atoms with E-state index >= 15 is 0 Å². The molecular weight excluding hydrogens is 182 g/mol. The van der Waals surface area contributed by atoms with E-state index in [0.717, 1.165) is 16.9 Å². The van der Waals surface area contributed by atoms with E-state index in [1.165, 1.54) is 6.42 Å². The van der Waals surface area contributed by atoms with Crippen molar-refractivity contribution in [3.63, 3.8) is 0 Å². The van der Waals surface area contributed by atoms with Crippen LogP contribution in [-0.4, -0.2) is 10.7 Å². The summed E-state index contributed by atoms with van der Waals surface area (Å²) in [6, 6.07) is 0. The second-order valence-electron chi connectivity index (χ2n) is 2.83. The Morgan fingerprint density at radius 2 is 2.15 bits per heavy atom. The molecule has 0 saturated carbocycles. The van der Waals surface area contributed by atoms with Gasteiger partial charge in [0.05, 0.1) is 6.20 Å². The summed E-state index contributed by atoms with van der Waals surface area (Å²) in [7, 11) is 0. The van der Waals surface area contributed by atoms with Gasteiger partial charge in [-0.1, -0.05) is 39.5 Å². The van der Waals surface area contributed by atoms with Crippen molar-refractivity contribution in [1.29, 1.82) is 0 Å². The quantitative estimate of drug-likeness (QED) is 0.692. The lowest BCUT2D eigenvalue weighted by atomic mass is 10.2. The summed E-state index contributed by atoms with van der Waals surface area (Å²) in [6.45, 7) is 8.44. The summed E-state index contributed by atoms with van der Waals surface area (Å²) in [5, 5.41) is 0.783. The maximum Gasteiger partial charge on any atom is 0.255 e. The van der Waals surface area contributed by atoms with Crippen LogP contribution in [0.1, 0.15) is 34.1 Å². The molecule has 1 rings (SSSR count). The fourth-order valence-electron chi connectivity index (χ4n) is 0.664. The van der Waals surface area contributed by atoms with Crippen LogP contribution in [0.4, 0.5) is 0 Å². The lowest BCUT2D eigenvalue weighted by molar-refractivity contribution is 0.453. The SMILES string of the molecule is CC.CC(C)CCSc1ncco1. The molecule has 76 valence electrons. The second-order valence-corrected chi connectivity index (χ2v) is 3.88. The molecule has 1 aromatic heterocycles. The molecule has 0 amide bonds. The molecule has 0 atom stereocenters. The minimum absolute atomic E-state index is 0.762. The summed E-state index contributed by atoms with van der Waals surface area (Å²) in [4.78, 5) is 4.01. The van der Waals surface area contributed by atoms with Crippen LogP contribution < -0.4 is 0 Å². The Kier molecular flexibility index (Phi) is 7.90. The van der Waals surface area contributed by atoms with Crippen molar-refractivity contribution in [1.82, 2.24) is 4.98 Å². The van der Waals surface area contributed by atoms with Gasteiger partial charge in [-0.05, 0) is 12.3 Å². The van der Waals surface area contributed by atoms with Crippen LogP contribution in [0, 0.1) is 5.92 Å². The van der Waals surface area contributed by atoms with Crippen molar-refractivity contribution < 1.29 is 4.42 Å². The van der Waals surface area contributed by atoms with Crippen LogP contribution in [0.5, 0.6) is 0 Å². The normalized spacial score (nSPS) is 9.62. The first-order valence-corrected chi connectivity index (χ1v) is 5.80. The van der Waals surface area contributed by atoms with Gasteiger partial charge in [-0.2, -0.15) is 0 Å². The van der Waals surface area contributed by atoms with Gasteiger partial charge in [-0.3, -0.25) is 0 Å². The summed E-state index contributed by atoms with van der Waals surface area (Å²) in [6.07, 6.45) is 4.50. The first-order chi connectivity index (χ1) is 6.29. The van der Waals surface area contributed by atoms with Gasteiger partial charge in [0.25, 0.3) is 5.22 Å². The number of nitrogens with zero attached hydrogens (tertiary/aromatic N) is 1. The molecule has 0 radical (unpaired) electrons. The Hall–Kier alpha value is -0.440. The van der Waals surface area contributed by atoms with Crippen LogP contribution in [-0.2, 0) is 0 Å². The Morgan fingerprint density at radius 3 is 2.62 bits per heavy atom. The number of hydrogen-bond acceptors (Lipinski definition) is 3. The number of rotatable bonds is 4. The van der Waals surface area contributed by atoms with E-state index in [4.69, 9.17) is 4.42 Å². The molecule has 13 heavy (non-hydrogen) atoms. The largest absolute Gasteiger partial charge is 0.440 e. The molecule has 0 bridgehead atoms. The highest BCUT2D eigenvalue weighted by atomic mass is 32.2. The first-order valence-electron chi connectivity index (χ1n) is 4.81. The van der Waals surface area contributed by atoms with Crippen LogP contribution in [0.2, 0.25) is 0 Å². The van der Waals surface area contributed by atoms with E-state index in [0.29, 0.717) is 0 Å². The Morgan fingerprint density at radius 1 is 1.46 bits per heavy atom. The van der Waals surface area contributed by atoms with E-state index in [2.05, 4.69) is 18.8 Å². The third kappa shape index (κ3) is 6.70. The smallest absolute Gasteiger partial charge is 0.255 e. The number of thioether (sulfide) groups is 1. The first kappa shape index (κ1) is 12.6. The number of hydrogen-bond donors (Lipinski definition) is 0. The zero-order valence-corrected chi connectivity index (χ0v) is 9.73. The van der Waals surface area contributed by atoms with Crippen molar-refractivity contribution in [2.45, 2.75) is 39.3 Å². The third-order valence-corrected chi connectivity index (χ3v) is 2.22. The van der Waals surface area contributed by atoms with Gasteiger partial charge in [0.2, 0.25) is 0 Å². The van der Waals surface area contributed by atoms with Crippen molar-refractivity contribution in [3.05, 3.63) is 12.5 Å². The van der Waals surface area contributed by atoms with E-state index < -0.39 is 0 Å². The molecule has 0 aromatic carbocycles. The minimum Gasteiger partial charge on any atom is -0.440 e. The molecule has 0 saturated heterocycles. The molecule has 0 aliphatic carbocycles. The molecule has 0 aliphatic heterocycles. The average Bonchev–Trinajstić information content (AvgIpc) is 2.60. The van der Waals surface area contributed by atoms with Crippen molar-refractivity contribution in [2.24, 2.45) is 5.92 Å². The van der Waals surface area contributed by atoms with Crippen LogP contribution in [0.25, 0.3) is 0 Å². The van der Waals surface area contributed by atoms with Gasteiger partial charge < -0.3 is 4.42 Å². The predicted molar refractivity (Wildman–Crippen MR) is 58.0 cm³/mol. The molecule has 2 nitrogen and oxygen atoms in total. The molecule has 0 unspecified atom stereocenters. The van der Waals surface area contributed by atoms with E-state index in [-0.39, 0.29) is 0 Å². The highest BCUT2D eigenvalue weighted by Gasteiger charge is 1.98. The van der Waals surface area contributed by atoms with Crippen molar-refractivity contribution in [2.75, 3.05) is 5.75 Å². The summed E-state index contributed by atoms with van der Waals surface area (Å²) in [5.74, 6) is 1.86. The fourth-order valence-corrected chi connectivity index (χ4v) is 1.69. The monoisotopic (exact) mass is 201 g/mol. The topological polar surface area (TPSA) is 26.0 Å². The zero-order chi connectivity index (χ0) is 10.1. The van der Waals surface area contributed by atoms with Crippen LogP contribution in [0.3, 0.4) is 0 Å². The van der Waals surface area contributed by atoms with Gasteiger partial charge in [-0.25, -0.2) is 4.98 Å². The number of oxazole rings is 1. The van der Waals surface area contributed by atoms with E-state index in [1.54, 1.807) is 24.2 Å². The molecule has 3 heteroatoms. The molecular formula is C10H19NOS. The lowest BCUT2D eigenvalue weighted by Crippen LogP contribution is -1.88. The van der Waals surface area contributed by atoms with E-state index in [9.17, 15) is 0 Å². The maximum absolute atomic E-state index is 5.07. The summed E-state index contributed by atoms with van der Waals surface area (Å²) in [5.41, 5.74) is 0. The van der Waals surface area contributed by atoms with Gasteiger partial charge in [-0.15, -0.1) is 0 Å². The summed E-state index contributed by atoms with van der Waals surface area (Å²) < 4.78 is 5.07. The van der Waals surface area contributed by atoms with Crippen molar-refractivity contribution in [3.8, 4) is 0 Å². The van der Waals surface area contributed by atoms with Crippen molar-refractivity contribution >= 4 is 11.8 Å².